The van der Waals surface area contributed by atoms with E-state index < -0.39 is 0 Å². The highest BCUT2D eigenvalue weighted by molar-refractivity contribution is 6.31. The highest BCUT2D eigenvalue weighted by Gasteiger charge is 2.25. The lowest BCUT2D eigenvalue weighted by molar-refractivity contribution is 0.114. The van der Waals surface area contributed by atoms with Gasteiger partial charge in [-0.25, -0.2) is 4.99 Å². The zero-order chi connectivity index (χ0) is 20.6. The molecule has 0 saturated carbocycles. The molecule has 1 aromatic rings. The standard InChI is InChI=1S/C22H36ClN5O/c1-4-24-22(28-10-9-18(16-28)17-29-5-2)25-15-19-20(23)7-6-8-21(19)27-13-11-26(3)12-14-27/h6-8,18H,4-5,9-17H2,1-3H3,(H,24,25). The molecule has 1 N–H and O–H groups in total. The summed E-state index contributed by atoms with van der Waals surface area (Å²) in [6, 6.07) is 6.21. The van der Waals surface area contributed by atoms with E-state index >= 15 is 0 Å². The van der Waals surface area contributed by atoms with Gasteiger partial charge in [-0.3, -0.25) is 0 Å². The maximum atomic E-state index is 6.62. The van der Waals surface area contributed by atoms with Crippen molar-refractivity contribution in [3.8, 4) is 0 Å². The predicted molar refractivity (Wildman–Crippen MR) is 122 cm³/mol. The van der Waals surface area contributed by atoms with E-state index in [2.05, 4.69) is 47.0 Å². The Morgan fingerprint density at radius 2 is 2.00 bits per heavy atom. The van der Waals surface area contributed by atoms with Gasteiger partial charge < -0.3 is 24.8 Å². The highest BCUT2D eigenvalue weighted by atomic mass is 35.5. The summed E-state index contributed by atoms with van der Waals surface area (Å²) in [7, 11) is 2.18. The van der Waals surface area contributed by atoms with Crippen LogP contribution in [0.4, 0.5) is 5.69 Å². The molecular weight excluding hydrogens is 386 g/mol. The molecule has 0 aliphatic carbocycles. The van der Waals surface area contributed by atoms with Crippen LogP contribution >= 0.6 is 11.6 Å². The minimum atomic E-state index is 0.583. The first-order valence-electron chi connectivity index (χ1n) is 10.9. The minimum Gasteiger partial charge on any atom is -0.381 e. The number of benzene rings is 1. The van der Waals surface area contributed by atoms with Gasteiger partial charge in [-0.05, 0) is 39.4 Å². The molecule has 6 nitrogen and oxygen atoms in total. The Bertz CT molecular complexity index is 675. The van der Waals surface area contributed by atoms with E-state index in [4.69, 9.17) is 21.3 Å². The molecule has 0 bridgehead atoms. The first-order chi connectivity index (χ1) is 14.1. The molecule has 2 saturated heterocycles. The van der Waals surface area contributed by atoms with Crippen LogP contribution in [0.15, 0.2) is 23.2 Å². The molecule has 7 heteroatoms. The fourth-order valence-electron chi connectivity index (χ4n) is 4.07. The number of likely N-dealkylation sites (tertiary alicyclic amines) is 1. The van der Waals surface area contributed by atoms with Crippen LogP contribution in [0.1, 0.15) is 25.8 Å². The molecular formula is C22H36ClN5O. The third-order valence-electron chi connectivity index (χ3n) is 5.80. The van der Waals surface area contributed by atoms with Crippen LogP contribution < -0.4 is 10.2 Å². The SMILES string of the molecule is CCNC(=NCc1c(Cl)cccc1N1CCN(C)CC1)N1CCC(COCC)C1. The van der Waals surface area contributed by atoms with Crippen LogP contribution in [-0.2, 0) is 11.3 Å². The summed E-state index contributed by atoms with van der Waals surface area (Å²) < 4.78 is 5.63. The molecule has 3 rings (SSSR count). The van der Waals surface area contributed by atoms with E-state index in [9.17, 15) is 0 Å². The Labute approximate surface area is 180 Å². The molecule has 162 valence electrons. The molecule has 1 aromatic carbocycles. The maximum Gasteiger partial charge on any atom is 0.194 e. The minimum absolute atomic E-state index is 0.583. The number of halogens is 1. The molecule has 2 heterocycles. The molecule has 2 fully saturated rings. The zero-order valence-corrected chi connectivity index (χ0v) is 18.9. The monoisotopic (exact) mass is 421 g/mol. The molecule has 0 spiro atoms. The fraction of sp³-hybridized carbons (Fsp3) is 0.682. The third-order valence-corrected chi connectivity index (χ3v) is 6.16. The fourth-order valence-corrected chi connectivity index (χ4v) is 4.30. The van der Waals surface area contributed by atoms with Crippen molar-refractivity contribution in [2.24, 2.45) is 10.9 Å². The number of rotatable bonds is 7. The van der Waals surface area contributed by atoms with Crippen LogP contribution in [0.5, 0.6) is 0 Å². The largest absolute Gasteiger partial charge is 0.381 e. The second kappa shape index (κ2) is 11.0. The van der Waals surface area contributed by atoms with Gasteiger partial charge in [0, 0.05) is 74.6 Å². The number of nitrogens with one attached hydrogen (secondary N) is 1. The number of piperazine rings is 1. The highest BCUT2D eigenvalue weighted by Crippen LogP contribution is 2.29. The van der Waals surface area contributed by atoms with Crippen LogP contribution in [0.2, 0.25) is 5.02 Å². The van der Waals surface area contributed by atoms with Gasteiger partial charge in [0.1, 0.15) is 0 Å². The third kappa shape index (κ3) is 6.00. The van der Waals surface area contributed by atoms with Crippen LogP contribution in [0.3, 0.4) is 0 Å². The van der Waals surface area contributed by atoms with E-state index in [0.29, 0.717) is 12.5 Å². The topological polar surface area (TPSA) is 43.3 Å². The van der Waals surface area contributed by atoms with Gasteiger partial charge in [0.25, 0.3) is 0 Å². The average Bonchev–Trinajstić information content (AvgIpc) is 3.19. The zero-order valence-electron chi connectivity index (χ0n) is 18.2. The summed E-state index contributed by atoms with van der Waals surface area (Å²) in [6.45, 7) is 13.5. The number of guanidine groups is 1. The van der Waals surface area contributed by atoms with Gasteiger partial charge in [0.15, 0.2) is 5.96 Å². The quantitative estimate of drug-likeness (QED) is 0.541. The normalized spacial score (nSPS) is 21.1. The molecule has 2 aliphatic rings. The number of nitrogens with zero attached hydrogens (tertiary/aromatic N) is 4. The van der Waals surface area contributed by atoms with Gasteiger partial charge in [0.2, 0.25) is 0 Å². The first kappa shape index (κ1) is 22.2. The first-order valence-corrected chi connectivity index (χ1v) is 11.3. The summed E-state index contributed by atoms with van der Waals surface area (Å²) in [4.78, 5) is 12.2. The van der Waals surface area contributed by atoms with Crippen LogP contribution in [0.25, 0.3) is 0 Å². The van der Waals surface area contributed by atoms with Gasteiger partial charge in [-0.2, -0.15) is 0 Å². The van der Waals surface area contributed by atoms with Crippen molar-refractivity contribution in [1.82, 2.24) is 15.1 Å². The molecule has 1 unspecified atom stereocenters. The van der Waals surface area contributed by atoms with Crippen molar-refractivity contribution in [3.63, 3.8) is 0 Å². The Kier molecular flexibility index (Phi) is 8.45. The number of ether oxygens (including phenoxy) is 1. The molecule has 0 aromatic heterocycles. The van der Waals surface area contributed by atoms with Crippen molar-refractivity contribution >= 4 is 23.2 Å². The van der Waals surface area contributed by atoms with Gasteiger partial charge in [-0.1, -0.05) is 17.7 Å². The summed E-state index contributed by atoms with van der Waals surface area (Å²) >= 11 is 6.62. The van der Waals surface area contributed by atoms with Crippen molar-refractivity contribution < 1.29 is 4.74 Å². The van der Waals surface area contributed by atoms with Crippen molar-refractivity contribution in [1.29, 1.82) is 0 Å². The van der Waals surface area contributed by atoms with E-state index in [1.54, 1.807) is 0 Å². The number of hydrogen-bond acceptors (Lipinski definition) is 4. The van der Waals surface area contributed by atoms with Crippen molar-refractivity contribution in [2.75, 3.05) is 71.0 Å². The van der Waals surface area contributed by atoms with Gasteiger partial charge in [-0.15, -0.1) is 0 Å². The Balaban J connectivity index is 1.72. The average molecular weight is 422 g/mol. The van der Waals surface area contributed by atoms with Crippen LogP contribution in [-0.4, -0.2) is 81.8 Å². The van der Waals surface area contributed by atoms with E-state index in [1.165, 1.54) is 5.69 Å². The summed E-state index contributed by atoms with van der Waals surface area (Å²) in [5, 5.41) is 4.27. The lowest BCUT2D eigenvalue weighted by atomic mass is 10.1. The van der Waals surface area contributed by atoms with Crippen molar-refractivity contribution in [2.45, 2.75) is 26.8 Å². The van der Waals surface area contributed by atoms with Crippen LogP contribution in [0, 0.1) is 5.92 Å². The summed E-state index contributed by atoms with van der Waals surface area (Å²) in [5.41, 5.74) is 2.35. The molecule has 2 aliphatic heterocycles. The number of hydrogen-bond donors (Lipinski definition) is 1. The molecule has 0 amide bonds. The Morgan fingerprint density at radius 3 is 2.72 bits per heavy atom. The Morgan fingerprint density at radius 1 is 1.21 bits per heavy atom. The lowest BCUT2D eigenvalue weighted by Crippen LogP contribution is -2.44. The second-order valence-corrected chi connectivity index (χ2v) is 8.37. The molecule has 1 atom stereocenters. The smallest absolute Gasteiger partial charge is 0.194 e. The van der Waals surface area contributed by atoms with Gasteiger partial charge >= 0.3 is 0 Å². The molecule has 29 heavy (non-hydrogen) atoms. The van der Waals surface area contributed by atoms with E-state index in [0.717, 1.165) is 82.0 Å². The predicted octanol–water partition coefficient (Wildman–Crippen LogP) is 2.92. The lowest BCUT2D eigenvalue weighted by Gasteiger charge is -2.35. The number of anilines is 1. The summed E-state index contributed by atoms with van der Waals surface area (Å²) in [5.74, 6) is 1.57. The van der Waals surface area contributed by atoms with E-state index in [-0.39, 0.29) is 0 Å². The molecule has 0 radical (unpaired) electrons. The Hall–Kier alpha value is -1.50. The van der Waals surface area contributed by atoms with E-state index in [1.807, 2.05) is 12.1 Å². The number of likely N-dealkylation sites (N-methyl/N-ethyl adjacent to an activating group) is 1. The van der Waals surface area contributed by atoms with Gasteiger partial charge in [0.05, 0.1) is 13.2 Å². The van der Waals surface area contributed by atoms with Crippen molar-refractivity contribution in [3.05, 3.63) is 28.8 Å². The number of aliphatic imine (C=N–C) groups is 1. The second-order valence-electron chi connectivity index (χ2n) is 7.96. The summed E-state index contributed by atoms with van der Waals surface area (Å²) in [6.07, 6.45) is 1.16. The maximum absolute atomic E-state index is 6.62.